The predicted molar refractivity (Wildman–Crippen MR) is 64.7 cm³/mol. The van der Waals surface area contributed by atoms with Gasteiger partial charge in [0.15, 0.2) is 4.88 Å². The molecule has 80 valence electrons. The summed E-state index contributed by atoms with van der Waals surface area (Å²) in [4.78, 5) is 0.819. The SMILES string of the molecule is Nc1n[n+]2c(O)c(-c3ccccc3)sc2s1. The fraction of sp³-hybridized carbons (Fsp3) is 0. The molecule has 3 aromatic rings. The van der Waals surface area contributed by atoms with E-state index in [4.69, 9.17) is 5.73 Å². The summed E-state index contributed by atoms with van der Waals surface area (Å²) in [6.07, 6.45) is 0. The van der Waals surface area contributed by atoms with Crippen LogP contribution in [0.2, 0.25) is 0 Å². The second-order valence-electron chi connectivity index (χ2n) is 3.24. The van der Waals surface area contributed by atoms with Gasteiger partial charge in [-0.15, -0.1) is 0 Å². The number of nitrogens with zero attached hydrogens (tertiary/aromatic N) is 2. The van der Waals surface area contributed by atoms with Crippen molar-refractivity contribution in [3.05, 3.63) is 30.3 Å². The molecular weight excluding hydrogens is 242 g/mol. The highest BCUT2D eigenvalue weighted by molar-refractivity contribution is 7.38. The van der Waals surface area contributed by atoms with E-state index in [1.165, 1.54) is 27.2 Å². The van der Waals surface area contributed by atoms with Crippen molar-refractivity contribution >= 4 is 31.9 Å². The monoisotopic (exact) mass is 250 g/mol. The molecule has 0 aliphatic rings. The lowest BCUT2D eigenvalue weighted by Gasteiger charge is -1.91. The van der Waals surface area contributed by atoms with E-state index in [1.807, 2.05) is 30.3 Å². The summed E-state index contributed by atoms with van der Waals surface area (Å²) >= 11 is 2.86. The van der Waals surface area contributed by atoms with E-state index in [2.05, 4.69) is 5.10 Å². The van der Waals surface area contributed by atoms with Gasteiger partial charge >= 0.3 is 10.0 Å². The van der Waals surface area contributed by atoms with Gasteiger partial charge in [-0.1, -0.05) is 30.3 Å². The zero-order valence-corrected chi connectivity index (χ0v) is 9.76. The van der Waals surface area contributed by atoms with Crippen LogP contribution in [0, 0.1) is 0 Å². The lowest BCUT2D eigenvalue weighted by molar-refractivity contribution is -0.578. The first-order chi connectivity index (χ1) is 7.75. The van der Waals surface area contributed by atoms with Crippen LogP contribution in [0.5, 0.6) is 5.88 Å². The Kier molecular flexibility index (Phi) is 2.05. The number of anilines is 1. The molecule has 0 saturated heterocycles. The first-order valence-corrected chi connectivity index (χ1v) is 6.24. The number of aromatic nitrogens is 2. The summed E-state index contributed by atoms with van der Waals surface area (Å²) in [7, 11) is 0. The van der Waals surface area contributed by atoms with Crippen LogP contribution in [0.4, 0.5) is 5.13 Å². The van der Waals surface area contributed by atoms with Gasteiger partial charge in [0.25, 0.3) is 5.13 Å². The van der Waals surface area contributed by atoms with Crippen LogP contribution >= 0.6 is 22.7 Å². The van der Waals surface area contributed by atoms with Gasteiger partial charge in [-0.3, -0.25) is 0 Å². The molecule has 0 unspecified atom stereocenters. The third-order valence-corrected chi connectivity index (χ3v) is 4.30. The van der Waals surface area contributed by atoms with E-state index in [-0.39, 0.29) is 5.88 Å². The normalized spacial score (nSPS) is 11.0. The van der Waals surface area contributed by atoms with E-state index in [0.717, 1.165) is 14.6 Å². The van der Waals surface area contributed by atoms with Crippen LogP contribution in [0.25, 0.3) is 14.6 Å². The quantitative estimate of drug-likeness (QED) is 0.648. The Morgan fingerprint density at radius 2 is 1.94 bits per heavy atom. The maximum absolute atomic E-state index is 10.0. The van der Waals surface area contributed by atoms with E-state index < -0.39 is 0 Å². The molecule has 2 heterocycles. The Labute approximate surface area is 99.2 Å². The molecule has 0 aliphatic carbocycles. The van der Waals surface area contributed by atoms with Gasteiger partial charge in [0.05, 0.1) is 0 Å². The van der Waals surface area contributed by atoms with Crippen LogP contribution in [0.15, 0.2) is 30.3 Å². The maximum atomic E-state index is 10.0. The number of rotatable bonds is 1. The Balaban J connectivity index is 2.25. The summed E-state index contributed by atoms with van der Waals surface area (Å²) in [6, 6.07) is 9.74. The largest absolute Gasteiger partial charge is 0.457 e. The molecule has 0 amide bonds. The highest BCUT2D eigenvalue weighted by Crippen LogP contribution is 2.35. The maximum Gasteiger partial charge on any atom is 0.417 e. The van der Waals surface area contributed by atoms with E-state index >= 15 is 0 Å². The van der Waals surface area contributed by atoms with Crippen molar-refractivity contribution in [2.45, 2.75) is 0 Å². The van der Waals surface area contributed by atoms with Gasteiger partial charge in [-0.05, 0) is 22.7 Å². The molecule has 1 aromatic carbocycles. The van der Waals surface area contributed by atoms with Crippen LogP contribution in [0.3, 0.4) is 0 Å². The predicted octanol–water partition coefficient (Wildman–Crippen LogP) is 1.90. The zero-order chi connectivity index (χ0) is 11.1. The molecule has 16 heavy (non-hydrogen) atoms. The Bertz CT molecular complexity index is 645. The minimum absolute atomic E-state index is 0.152. The Hall–Kier alpha value is -1.66. The van der Waals surface area contributed by atoms with Crippen molar-refractivity contribution in [3.8, 4) is 16.3 Å². The first-order valence-electron chi connectivity index (χ1n) is 4.61. The van der Waals surface area contributed by atoms with Gasteiger partial charge in [-0.25, -0.2) is 0 Å². The molecule has 2 aromatic heterocycles. The summed E-state index contributed by atoms with van der Waals surface area (Å²) in [5.74, 6) is 0.152. The molecule has 4 nitrogen and oxygen atoms in total. The van der Waals surface area contributed by atoms with E-state index in [1.54, 1.807) is 0 Å². The summed E-state index contributed by atoms with van der Waals surface area (Å²) in [5, 5.41) is 14.5. The van der Waals surface area contributed by atoms with E-state index in [9.17, 15) is 5.11 Å². The van der Waals surface area contributed by atoms with Crippen molar-refractivity contribution in [2.24, 2.45) is 0 Å². The third-order valence-electron chi connectivity index (χ3n) is 2.19. The molecular formula is C10H8N3OS2+. The molecule has 6 heteroatoms. The average molecular weight is 250 g/mol. The number of hydrogen-bond acceptors (Lipinski definition) is 5. The third kappa shape index (κ3) is 1.35. The number of benzene rings is 1. The molecule has 0 saturated carbocycles. The van der Waals surface area contributed by atoms with Gasteiger partial charge in [-0.2, -0.15) is 0 Å². The van der Waals surface area contributed by atoms with Crippen LogP contribution in [0.1, 0.15) is 0 Å². The van der Waals surface area contributed by atoms with E-state index in [0.29, 0.717) is 5.13 Å². The van der Waals surface area contributed by atoms with Crippen molar-refractivity contribution in [1.82, 2.24) is 5.10 Å². The van der Waals surface area contributed by atoms with Crippen molar-refractivity contribution in [1.29, 1.82) is 0 Å². The second-order valence-corrected chi connectivity index (χ2v) is 5.51. The fourth-order valence-electron chi connectivity index (χ4n) is 1.50. The summed E-state index contributed by atoms with van der Waals surface area (Å²) in [5.41, 5.74) is 6.56. The summed E-state index contributed by atoms with van der Waals surface area (Å²) in [6.45, 7) is 0. The van der Waals surface area contributed by atoms with Crippen LogP contribution in [-0.2, 0) is 0 Å². The Morgan fingerprint density at radius 1 is 1.19 bits per heavy atom. The van der Waals surface area contributed by atoms with Gasteiger partial charge in [0.1, 0.15) is 0 Å². The molecule has 0 atom stereocenters. The number of fused-ring (bicyclic) bond motifs is 1. The van der Waals surface area contributed by atoms with Crippen molar-refractivity contribution < 1.29 is 9.62 Å². The number of aromatic hydroxyl groups is 1. The standard InChI is InChI=1S/C10H7N3OS2/c11-9-12-13-8(14)7(15-10(13)16-9)6-4-2-1-3-5-6/h1-5H,(H2-,11,12,14)/p+1. The van der Waals surface area contributed by atoms with Gasteiger partial charge in [0, 0.05) is 15.2 Å². The van der Waals surface area contributed by atoms with Gasteiger partial charge < -0.3 is 10.8 Å². The first kappa shape index (κ1) is 9.56. The van der Waals surface area contributed by atoms with Crippen molar-refractivity contribution in [3.63, 3.8) is 0 Å². The lowest BCUT2D eigenvalue weighted by Crippen LogP contribution is -2.20. The topological polar surface area (TPSA) is 63.2 Å². The molecule has 0 bridgehead atoms. The molecule has 3 rings (SSSR count). The minimum atomic E-state index is 0.152. The van der Waals surface area contributed by atoms with Gasteiger partial charge in [0.2, 0.25) is 0 Å². The zero-order valence-electron chi connectivity index (χ0n) is 8.12. The molecule has 3 N–H and O–H groups in total. The summed E-state index contributed by atoms with van der Waals surface area (Å²) < 4.78 is 2.36. The average Bonchev–Trinajstić information content (AvgIpc) is 2.79. The number of thiazole rings is 1. The number of nitrogens with two attached hydrogens (primary N) is 1. The highest BCUT2D eigenvalue weighted by atomic mass is 32.2. The molecule has 0 aliphatic heterocycles. The highest BCUT2D eigenvalue weighted by Gasteiger charge is 2.26. The molecule has 0 radical (unpaired) electrons. The number of nitrogen functional groups attached to an aromatic ring is 1. The number of hydrogen-bond donors (Lipinski definition) is 2. The fourth-order valence-corrected chi connectivity index (χ4v) is 3.51. The minimum Gasteiger partial charge on any atom is -0.457 e. The second kappa shape index (κ2) is 3.43. The van der Waals surface area contributed by atoms with Crippen LogP contribution < -0.4 is 10.2 Å². The molecule has 0 fully saturated rings. The Morgan fingerprint density at radius 3 is 2.62 bits per heavy atom. The molecule has 0 spiro atoms. The van der Waals surface area contributed by atoms with Crippen LogP contribution in [-0.4, -0.2) is 10.2 Å². The lowest BCUT2D eigenvalue weighted by atomic mass is 10.2. The smallest absolute Gasteiger partial charge is 0.417 e. The van der Waals surface area contributed by atoms with Crippen molar-refractivity contribution in [2.75, 3.05) is 5.73 Å².